The molecule has 180 valence electrons. The zero-order valence-electron chi connectivity index (χ0n) is 19.4. The molecule has 1 aromatic carbocycles. The number of halogens is 1. The van der Waals surface area contributed by atoms with Crippen LogP contribution in [-0.2, 0) is 14.3 Å². The Morgan fingerprint density at radius 1 is 1.24 bits per heavy atom. The molecule has 2 fully saturated rings. The summed E-state index contributed by atoms with van der Waals surface area (Å²) in [5, 5.41) is 3.35. The van der Waals surface area contributed by atoms with E-state index in [4.69, 9.17) is 16.3 Å². The monoisotopic (exact) mass is 484 g/mol. The number of β-lactam (4-membered cyclic amide) rings is 1. The van der Waals surface area contributed by atoms with Crippen molar-refractivity contribution in [2.24, 2.45) is 5.41 Å². The number of urea groups is 1. The van der Waals surface area contributed by atoms with Crippen LogP contribution in [-0.4, -0.2) is 54.0 Å². The fourth-order valence-corrected chi connectivity index (χ4v) is 5.20. The molecule has 0 radical (unpaired) electrons. The minimum Gasteiger partial charge on any atom is -0.467 e. The highest BCUT2D eigenvalue weighted by Gasteiger charge is 2.62. The molecule has 1 aromatic heterocycles. The number of esters is 1. The van der Waals surface area contributed by atoms with Crippen molar-refractivity contribution in [1.29, 1.82) is 0 Å². The van der Waals surface area contributed by atoms with Gasteiger partial charge in [-0.1, -0.05) is 37.1 Å². The van der Waals surface area contributed by atoms with E-state index in [2.05, 4.69) is 10.3 Å². The lowest BCUT2D eigenvalue weighted by Gasteiger charge is -2.58. The number of piperidine rings is 1. The minimum atomic E-state index is -0.677. The normalized spacial score (nSPS) is 20.0. The number of carbonyl (C=O) groups is 3. The van der Waals surface area contributed by atoms with Gasteiger partial charge in [0.1, 0.15) is 6.04 Å². The number of anilines is 1. The summed E-state index contributed by atoms with van der Waals surface area (Å²) in [6, 6.07) is 11.7. The average Bonchev–Trinajstić information content (AvgIpc) is 2.86. The molecule has 9 heteroatoms. The highest BCUT2D eigenvalue weighted by molar-refractivity contribution is 6.31. The van der Waals surface area contributed by atoms with Crippen molar-refractivity contribution in [1.82, 2.24) is 15.2 Å². The van der Waals surface area contributed by atoms with E-state index in [1.807, 2.05) is 37.3 Å². The molecular weight excluding hydrogens is 456 g/mol. The van der Waals surface area contributed by atoms with Gasteiger partial charge in [-0.15, -0.1) is 0 Å². The summed E-state index contributed by atoms with van der Waals surface area (Å²) in [6.07, 6.45) is 3.99. The Balaban J connectivity index is 1.52. The molecule has 0 saturated carbocycles. The first-order valence-electron chi connectivity index (χ1n) is 11.5. The molecule has 0 aliphatic carbocycles. The molecule has 3 amide bonds. The van der Waals surface area contributed by atoms with Crippen LogP contribution in [0.3, 0.4) is 0 Å². The van der Waals surface area contributed by atoms with Gasteiger partial charge >= 0.3 is 12.0 Å². The summed E-state index contributed by atoms with van der Waals surface area (Å²) in [5.41, 5.74) is 0.909. The SMILES string of the molecule is CCCC(NC(=O)N1CCC2(CC1)C(=O)N(c1cccc(Cl)c1)C2c1ccccn1)C(=O)OC. The smallest absolute Gasteiger partial charge is 0.328 e. The summed E-state index contributed by atoms with van der Waals surface area (Å²) in [4.78, 5) is 46.4. The third kappa shape index (κ3) is 4.34. The van der Waals surface area contributed by atoms with Gasteiger partial charge in [-0.25, -0.2) is 9.59 Å². The van der Waals surface area contributed by atoms with Crippen molar-refractivity contribution in [2.45, 2.75) is 44.7 Å². The number of aromatic nitrogens is 1. The predicted octanol–water partition coefficient (Wildman–Crippen LogP) is 3.96. The molecule has 2 aromatic rings. The van der Waals surface area contributed by atoms with E-state index in [1.165, 1.54) is 7.11 Å². The summed E-state index contributed by atoms with van der Waals surface area (Å²) >= 11 is 6.20. The van der Waals surface area contributed by atoms with Gasteiger partial charge in [0.25, 0.3) is 0 Å². The van der Waals surface area contributed by atoms with E-state index in [9.17, 15) is 14.4 Å². The molecule has 8 nitrogen and oxygen atoms in total. The molecule has 1 spiro atoms. The van der Waals surface area contributed by atoms with Crippen LogP contribution in [0.4, 0.5) is 10.5 Å². The van der Waals surface area contributed by atoms with Crippen LogP contribution in [0.25, 0.3) is 0 Å². The van der Waals surface area contributed by atoms with Gasteiger partial charge in [-0.05, 0) is 49.6 Å². The number of methoxy groups -OCH3 is 1. The Labute approximate surface area is 204 Å². The van der Waals surface area contributed by atoms with Crippen molar-refractivity contribution in [3.8, 4) is 0 Å². The number of hydrogen-bond acceptors (Lipinski definition) is 5. The van der Waals surface area contributed by atoms with Crippen LogP contribution in [0.5, 0.6) is 0 Å². The van der Waals surface area contributed by atoms with Crippen molar-refractivity contribution >= 4 is 35.2 Å². The quantitative estimate of drug-likeness (QED) is 0.495. The number of nitrogens with one attached hydrogen (secondary N) is 1. The van der Waals surface area contributed by atoms with E-state index in [-0.39, 0.29) is 18.0 Å². The minimum absolute atomic E-state index is 0.0175. The van der Waals surface area contributed by atoms with Gasteiger partial charge in [0.05, 0.1) is 24.3 Å². The first-order chi connectivity index (χ1) is 16.4. The summed E-state index contributed by atoms with van der Waals surface area (Å²) in [6.45, 7) is 2.76. The highest BCUT2D eigenvalue weighted by Crippen LogP contribution is 2.57. The zero-order valence-corrected chi connectivity index (χ0v) is 20.1. The van der Waals surface area contributed by atoms with E-state index >= 15 is 0 Å². The van der Waals surface area contributed by atoms with Gasteiger partial charge < -0.3 is 19.9 Å². The van der Waals surface area contributed by atoms with Crippen molar-refractivity contribution in [2.75, 3.05) is 25.1 Å². The number of hydrogen-bond donors (Lipinski definition) is 1. The average molecular weight is 485 g/mol. The summed E-state index contributed by atoms with van der Waals surface area (Å²) < 4.78 is 4.81. The second-order valence-corrected chi connectivity index (χ2v) is 9.21. The van der Waals surface area contributed by atoms with Gasteiger partial charge in [0, 0.05) is 30.0 Å². The third-order valence-electron chi connectivity index (χ3n) is 6.78. The Morgan fingerprint density at radius 3 is 2.62 bits per heavy atom. The van der Waals surface area contributed by atoms with Gasteiger partial charge in [0.2, 0.25) is 5.91 Å². The zero-order chi connectivity index (χ0) is 24.3. The molecule has 2 aliphatic rings. The van der Waals surface area contributed by atoms with Crippen molar-refractivity contribution in [3.63, 3.8) is 0 Å². The molecule has 4 rings (SSSR count). The summed E-state index contributed by atoms with van der Waals surface area (Å²) in [5.74, 6) is -0.436. The number of amides is 3. The number of nitrogens with zero attached hydrogens (tertiary/aromatic N) is 3. The highest BCUT2D eigenvalue weighted by atomic mass is 35.5. The van der Waals surface area contributed by atoms with E-state index in [0.717, 1.165) is 17.8 Å². The van der Waals surface area contributed by atoms with Crippen LogP contribution in [0.1, 0.15) is 44.3 Å². The van der Waals surface area contributed by atoms with Crippen LogP contribution in [0, 0.1) is 5.41 Å². The molecule has 0 bridgehead atoms. The standard InChI is InChI=1S/C25H29ClN4O4/c1-3-7-20(22(31)34-2)28-24(33)29-14-11-25(12-15-29)21(19-10-4-5-13-27-19)30(23(25)32)18-9-6-8-17(26)16-18/h4-6,8-10,13,16,20-21H,3,7,11-12,14-15H2,1-2H3,(H,28,33). The van der Waals surface area contributed by atoms with Crippen LogP contribution in [0.15, 0.2) is 48.7 Å². The maximum absolute atomic E-state index is 13.6. The number of carbonyl (C=O) groups excluding carboxylic acids is 3. The number of pyridine rings is 1. The van der Waals surface area contributed by atoms with Crippen molar-refractivity contribution in [3.05, 3.63) is 59.4 Å². The number of ether oxygens (including phenoxy) is 1. The first kappa shape index (κ1) is 24.0. The Kier molecular flexibility index (Phi) is 7.07. The maximum Gasteiger partial charge on any atom is 0.328 e. The maximum atomic E-state index is 13.6. The van der Waals surface area contributed by atoms with Crippen molar-refractivity contribution < 1.29 is 19.1 Å². The van der Waals surface area contributed by atoms with Gasteiger partial charge in [-0.3, -0.25) is 9.78 Å². The number of likely N-dealkylation sites (tertiary alicyclic amines) is 1. The van der Waals surface area contributed by atoms with E-state index in [0.29, 0.717) is 37.4 Å². The van der Waals surface area contributed by atoms with Gasteiger partial charge in [0.15, 0.2) is 0 Å². The third-order valence-corrected chi connectivity index (χ3v) is 7.02. The first-order valence-corrected chi connectivity index (χ1v) is 11.9. The molecule has 2 atom stereocenters. The Bertz CT molecular complexity index is 1060. The van der Waals surface area contributed by atoms with E-state index < -0.39 is 17.4 Å². The van der Waals surface area contributed by atoms with Gasteiger partial charge in [-0.2, -0.15) is 0 Å². The number of benzene rings is 1. The molecular formula is C25H29ClN4O4. The lowest BCUT2D eigenvalue weighted by atomic mass is 9.63. The second-order valence-electron chi connectivity index (χ2n) is 8.77. The lowest BCUT2D eigenvalue weighted by Crippen LogP contribution is -2.67. The molecule has 1 N–H and O–H groups in total. The molecule has 34 heavy (non-hydrogen) atoms. The van der Waals surface area contributed by atoms with Crippen LogP contribution >= 0.6 is 11.6 Å². The molecule has 3 heterocycles. The second kappa shape index (κ2) is 10.0. The topological polar surface area (TPSA) is 91.8 Å². The van der Waals surface area contributed by atoms with E-state index in [1.54, 1.807) is 28.1 Å². The Hall–Kier alpha value is -3.13. The predicted molar refractivity (Wildman–Crippen MR) is 128 cm³/mol. The lowest BCUT2D eigenvalue weighted by molar-refractivity contribution is -0.144. The molecule has 2 aliphatic heterocycles. The van der Waals surface area contributed by atoms with Crippen LogP contribution < -0.4 is 10.2 Å². The largest absolute Gasteiger partial charge is 0.467 e. The molecule has 2 unspecified atom stereocenters. The number of rotatable bonds is 6. The Morgan fingerprint density at radius 2 is 2.00 bits per heavy atom. The fourth-order valence-electron chi connectivity index (χ4n) is 5.02. The fraction of sp³-hybridized carbons (Fsp3) is 0.440. The van der Waals surface area contributed by atoms with Crippen LogP contribution in [0.2, 0.25) is 5.02 Å². The summed E-state index contributed by atoms with van der Waals surface area (Å²) in [7, 11) is 1.31. The molecule has 2 saturated heterocycles.